The minimum atomic E-state index is -5.06. The number of likely N-dealkylation sites (tertiary alicyclic amines) is 1. The van der Waals surface area contributed by atoms with Crippen molar-refractivity contribution in [2.24, 2.45) is 5.92 Å². The molecule has 2 saturated heterocycles. The SMILES string of the molecule is CC(F)(c1ccc2c(c1)CC[C@H]1N(C(=O)C[C@H]3CCN(S(C)(=O)=O)C3)CC[C@@]21Cc1ccc(F)cc1)C(F)(F)F. The molecule has 2 fully saturated rings. The largest absolute Gasteiger partial charge is 0.426 e. The summed E-state index contributed by atoms with van der Waals surface area (Å²) in [6.07, 6.45) is -1.19. The van der Waals surface area contributed by atoms with Crippen molar-refractivity contribution in [3.05, 3.63) is 70.5 Å². The van der Waals surface area contributed by atoms with Crippen LogP contribution in [-0.4, -0.2) is 61.6 Å². The van der Waals surface area contributed by atoms with E-state index in [4.69, 9.17) is 0 Å². The summed E-state index contributed by atoms with van der Waals surface area (Å²) < 4.78 is 94.2. The van der Waals surface area contributed by atoms with E-state index in [9.17, 15) is 35.2 Å². The molecule has 40 heavy (non-hydrogen) atoms. The van der Waals surface area contributed by atoms with Gasteiger partial charge in [0.1, 0.15) is 5.82 Å². The average molecular weight is 585 g/mol. The fourth-order valence-corrected chi connectivity index (χ4v) is 7.84. The van der Waals surface area contributed by atoms with E-state index in [1.807, 2.05) is 4.90 Å². The van der Waals surface area contributed by atoms with Gasteiger partial charge in [-0.2, -0.15) is 13.2 Å². The lowest BCUT2D eigenvalue weighted by Gasteiger charge is -2.44. The molecule has 218 valence electrons. The maximum Gasteiger partial charge on any atom is 0.426 e. The highest BCUT2D eigenvalue weighted by Gasteiger charge is 2.55. The number of hydrogen-bond donors (Lipinski definition) is 0. The van der Waals surface area contributed by atoms with E-state index in [2.05, 4.69) is 0 Å². The van der Waals surface area contributed by atoms with Crippen molar-refractivity contribution in [3.63, 3.8) is 0 Å². The lowest BCUT2D eigenvalue weighted by atomic mass is 9.63. The number of nitrogens with zero attached hydrogens (tertiary/aromatic N) is 2. The molecule has 0 aromatic heterocycles. The van der Waals surface area contributed by atoms with Gasteiger partial charge in [0, 0.05) is 37.5 Å². The third-order valence-electron chi connectivity index (χ3n) is 9.15. The number of benzene rings is 2. The first kappa shape index (κ1) is 29.0. The van der Waals surface area contributed by atoms with E-state index in [0.717, 1.165) is 17.4 Å². The number of rotatable bonds is 6. The van der Waals surface area contributed by atoms with Crippen LogP contribution >= 0.6 is 0 Å². The Morgan fingerprint density at radius 1 is 1.05 bits per heavy atom. The third kappa shape index (κ3) is 5.15. The number of halogens is 5. The van der Waals surface area contributed by atoms with Gasteiger partial charge >= 0.3 is 6.18 Å². The first-order valence-corrected chi connectivity index (χ1v) is 15.4. The number of carbonyl (C=O) groups is 1. The van der Waals surface area contributed by atoms with E-state index >= 15 is 0 Å². The van der Waals surface area contributed by atoms with Crippen LogP contribution in [0.1, 0.15) is 54.9 Å². The molecule has 0 bridgehead atoms. The summed E-state index contributed by atoms with van der Waals surface area (Å²) in [6, 6.07) is 9.92. The molecule has 2 aromatic carbocycles. The quantitative estimate of drug-likeness (QED) is 0.435. The Bertz CT molecular complexity index is 1390. The van der Waals surface area contributed by atoms with Gasteiger partial charge in [-0.3, -0.25) is 4.79 Å². The van der Waals surface area contributed by atoms with E-state index in [1.54, 1.807) is 18.2 Å². The average Bonchev–Trinajstić information content (AvgIpc) is 3.49. The Morgan fingerprint density at radius 2 is 1.75 bits per heavy atom. The molecule has 1 unspecified atom stereocenters. The number of hydrogen-bond acceptors (Lipinski definition) is 3. The molecule has 11 heteroatoms. The van der Waals surface area contributed by atoms with Gasteiger partial charge in [-0.25, -0.2) is 21.5 Å². The molecule has 0 radical (unpaired) electrons. The van der Waals surface area contributed by atoms with Crippen LogP contribution in [0.15, 0.2) is 42.5 Å². The number of amides is 1. The van der Waals surface area contributed by atoms with Crippen LogP contribution in [0.4, 0.5) is 22.0 Å². The molecular formula is C29H33F5N2O3S. The summed E-state index contributed by atoms with van der Waals surface area (Å²) >= 11 is 0. The molecule has 1 aliphatic carbocycles. The zero-order valence-corrected chi connectivity index (χ0v) is 23.3. The standard InChI is InChI=1S/C29H33F5N2O3S/c1-27(31,29(32,33)34)22-6-9-24-21(16-22)5-10-25-28(24,17-19-3-7-23(30)8-4-19)12-14-36(25)26(37)15-20-11-13-35(18-20)40(2,38)39/h3-4,6-9,16,20,25H,5,10-15,17-18H2,1-2H3/t20-,25-,27?,28-/m1/s1. The normalized spacial score (nSPS) is 26.8. The molecule has 0 saturated carbocycles. The van der Waals surface area contributed by atoms with Crippen LogP contribution in [0, 0.1) is 11.7 Å². The maximum atomic E-state index is 14.9. The second-order valence-corrected chi connectivity index (χ2v) is 13.7. The Balaban J connectivity index is 1.47. The smallest absolute Gasteiger partial charge is 0.339 e. The Morgan fingerprint density at radius 3 is 2.38 bits per heavy atom. The highest BCUT2D eigenvalue weighted by Crippen LogP contribution is 2.51. The highest BCUT2D eigenvalue weighted by molar-refractivity contribution is 7.88. The van der Waals surface area contributed by atoms with Crippen LogP contribution in [0.25, 0.3) is 0 Å². The zero-order chi connectivity index (χ0) is 29.1. The molecule has 1 amide bonds. The second kappa shape index (κ2) is 10.1. The summed E-state index contributed by atoms with van der Waals surface area (Å²) in [4.78, 5) is 15.4. The molecule has 2 aromatic rings. The van der Waals surface area contributed by atoms with E-state index in [-0.39, 0.29) is 30.1 Å². The van der Waals surface area contributed by atoms with Gasteiger partial charge in [0.05, 0.1) is 6.26 Å². The van der Waals surface area contributed by atoms with Crippen LogP contribution in [0.5, 0.6) is 0 Å². The second-order valence-electron chi connectivity index (χ2n) is 11.7. The summed E-state index contributed by atoms with van der Waals surface area (Å²) in [5.74, 6) is -0.541. The van der Waals surface area contributed by atoms with Gasteiger partial charge in [-0.1, -0.05) is 30.3 Å². The Hall–Kier alpha value is -2.53. The lowest BCUT2D eigenvalue weighted by Crippen LogP contribution is -2.49. The van der Waals surface area contributed by atoms with Gasteiger partial charge in [0.2, 0.25) is 21.6 Å². The summed E-state index contributed by atoms with van der Waals surface area (Å²) in [7, 11) is -3.33. The molecule has 4 atom stereocenters. The number of alkyl halides is 4. The van der Waals surface area contributed by atoms with Crippen LogP contribution in [-0.2, 0) is 38.7 Å². The minimum absolute atomic E-state index is 0.0696. The summed E-state index contributed by atoms with van der Waals surface area (Å²) in [5.41, 5.74) is -2.30. The first-order chi connectivity index (χ1) is 18.6. The van der Waals surface area contributed by atoms with E-state index in [1.165, 1.54) is 28.6 Å². The molecule has 2 heterocycles. The molecule has 2 aliphatic heterocycles. The van der Waals surface area contributed by atoms with E-state index < -0.39 is 32.8 Å². The maximum absolute atomic E-state index is 14.9. The molecule has 5 rings (SSSR count). The van der Waals surface area contributed by atoms with Gasteiger partial charge in [-0.05, 0) is 79.3 Å². The molecule has 0 spiro atoms. The van der Waals surface area contributed by atoms with Crippen LogP contribution < -0.4 is 0 Å². The molecule has 3 aliphatic rings. The Kier molecular flexibility index (Phi) is 7.30. The van der Waals surface area contributed by atoms with Gasteiger partial charge in [0.25, 0.3) is 0 Å². The van der Waals surface area contributed by atoms with Crippen molar-refractivity contribution in [2.75, 3.05) is 25.9 Å². The van der Waals surface area contributed by atoms with Gasteiger partial charge < -0.3 is 4.90 Å². The van der Waals surface area contributed by atoms with Crippen molar-refractivity contribution in [1.29, 1.82) is 0 Å². The van der Waals surface area contributed by atoms with Crippen LogP contribution in [0.2, 0.25) is 0 Å². The van der Waals surface area contributed by atoms with Crippen LogP contribution in [0.3, 0.4) is 0 Å². The summed E-state index contributed by atoms with van der Waals surface area (Å²) in [6.45, 7) is 1.66. The highest BCUT2D eigenvalue weighted by atomic mass is 32.2. The predicted molar refractivity (Wildman–Crippen MR) is 140 cm³/mol. The Labute approximate surface area is 231 Å². The lowest BCUT2D eigenvalue weighted by molar-refractivity contribution is -0.228. The number of fused-ring (bicyclic) bond motifs is 3. The molecular weight excluding hydrogens is 551 g/mol. The number of carbonyl (C=O) groups excluding carboxylic acids is 1. The molecule has 5 nitrogen and oxygen atoms in total. The van der Waals surface area contributed by atoms with Gasteiger partial charge in [0.15, 0.2) is 0 Å². The topological polar surface area (TPSA) is 57.7 Å². The minimum Gasteiger partial charge on any atom is -0.339 e. The van der Waals surface area contributed by atoms with E-state index in [0.29, 0.717) is 64.2 Å². The fourth-order valence-electron chi connectivity index (χ4n) is 6.92. The van der Waals surface area contributed by atoms with Gasteiger partial charge in [-0.15, -0.1) is 0 Å². The number of aryl methyl sites for hydroxylation is 1. The fraction of sp³-hybridized carbons (Fsp3) is 0.552. The van der Waals surface area contributed by atoms with Crippen molar-refractivity contribution < 1.29 is 35.2 Å². The predicted octanol–water partition coefficient (Wildman–Crippen LogP) is 5.27. The molecule has 0 N–H and O–H groups in total. The summed E-state index contributed by atoms with van der Waals surface area (Å²) in [5, 5.41) is 0. The zero-order valence-electron chi connectivity index (χ0n) is 22.5. The first-order valence-electron chi connectivity index (χ1n) is 13.5. The van der Waals surface area contributed by atoms with Crippen molar-refractivity contribution in [3.8, 4) is 0 Å². The van der Waals surface area contributed by atoms with Crippen molar-refractivity contribution in [2.45, 2.75) is 68.8 Å². The van der Waals surface area contributed by atoms with Crippen molar-refractivity contribution in [1.82, 2.24) is 9.21 Å². The van der Waals surface area contributed by atoms with Crippen molar-refractivity contribution >= 4 is 15.9 Å². The monoisotopic (exact) mass is 584 g/mol. The number of sulfonamides is 1. The third-order valence-corrected chi connectivity index (χ3v) is 10.4.